The van der Waals surface area contributed by atoms with E-state index in [1.165, 1.54) is 6.42 Å². The average molecular weight is 297 g/mol. The summed E-state index contributed by atoms with van der Waals surface area (Å²) in [5, 5.41) is 0. The van der Waals surface area contributed by atoms with E-state index in [1.54, 1.807) is 4.31 Å². The first kappa shape index (κ1) is 11.8. The maximum Gasteiger partial charge on any atom is 0.224 e. The topological polar surface area (TPSA) is 40.6 Å². The summed E-state index contributed by atoms with van der Waals surface area (Å²) in [6.45, 7) is 4.69. The van der Waals surface area contributed by atoms with Gasteiger partial charge in [0.15, 0.2) is 0 Å². The summed E-state index contributed by atoms with van der Waals surface area (Å²) in [7, 11) is -3.09. The van der Waals surface area contributed by atoms with Gasteiger partial charge in [-0.15, -0.1) is 0 Å². The molecule has 2 heterocycles. The molecule has 0 aromatic rings. The molecule has 2 atom stereocenters. The highest BCUT2D eigenvalue weighted by molar-refractivity contribution is 9.10. The summed E-state index contributed by atoms with van der Waals surface area (Å²) >= 11 is 3.06. The highest BCUT2D eigenvalue weighted by Crippen LogP contribution is 2.26. The average Bonchev–Trinajstić information content (AvgIpc) is 2.63. The number of fused-ring (bicyclic) bond motifs is 1. The van der Waals surface area contributed by atoms with E-state index in [9.17, 15) is 8.42 Å². The van der Waals surface area contributed by atoms with E-state index >= 15 is 0 Å². The predicted molar refractivity (Wildman–Crippen MR) is 63.5 cm³/mol. The molecule has 0 aromatic carbocycles. The van der Waals surface area contributed by atoms with Crippen LogP contribution in [-0.4, -0.2) is 54.0 Å². The molecule has 0 spiro atoms. The van der Waals surface area contributed by atoms with E-state index in [4.69, 9.17) is 0 Å². The number of alkyl halides is 1. The minimum Gasteiger partial charge on any atom is -0.297 e. The van der Waals surface area contributed by atoms with Crippen molar-refractivity contribution in [1.29, 1.82) is 0 Å². The summed E-state index contributed by atoms with van der Waals surface area (Å²) in [6, 6.07) is 0.567. The first-order chi connectivity index (χ1) is 7.04. The molecule has 15 heavy (non-hydrogen) atoms. The fourth-order valence-corrected chi connectivity index (χ4v) is 4.54. The maximum atomic E-state index is 11.8. The number of nitrogens with zero attached hydrogens (tertiary/aromatic N) is 2. The molecule has 2 saturated heterocycles. The van der Waals surface area contributed by atoms with Gasteiger partial charge in [-0.25, -0.2) is 8.42 Å². The zero-order valence-corrected chi connectivity index (χ0v) is 11.3. The highest BCUT2D eigenvalue weighted by Gasteiger charge is 2.38. The van der Waals surface area contributed by atoms with Crippen molar-refractivity contribution in [2.45, 2.75) is 31.8 Å². The van der Waals surface area contributed by atoms with Gasteiger partial charge < -0.3 is 0 Å². The molecular weight excluding hydrogens is 280 g/mol. The summed E-state index contributed by atoms with van der Waals surface area (Å²) in [5.41, 5.74) is 0. The van der Waals surface area contributed by atoms with Crippen LogP contribution in [0.5, 0.6) is 0 Å². The molecule has 2 aliphatic rings. The van der Waals surface area contributed by atoms with Gasteiger partial charge in [0.1, 0.15) is 4.66 Å². The first-order valence-electron chi connectivity index (χ1n) is 5.34. The second-order valence-corrected chi connectivity index (χ2v) is 7.66. The van der Waals surface area contributed by atoms with Crippen molar-refractivity contribution in [2.75, 3.05) is 24.3 Å². The van der Waals surface area contributed by atoms with Crippen molar-refractivity contribution in [3.05, 3.63) is 0 Å². The van der Waals surface area contributed by atoms with E-state index in [0.717, 1.165) is 19.5 Å². The molecule has 6 heteroatoms. The molecule has 0 aliphatic carbocycles. The van der Waals surface area contributed by atoms with E-state index in [-0.39, 0.29) is 10.7 Å². The molecule has 0 radical (unpaired) electrons. The van der Waals surface area contributed by atoms with Gasteiger partial charge in [0.05, 0.1) is 0 Å². The van der Waals surface area contributed by atoms with Crippen molar-refractivity contribution < 1.29 is 8.42 Å². The Morgan fingerprint density at radius 3 is 2.80 bits per heavy atom. The van der Waals surface area contributed by atoms with Crippen LogP contribution in [0.2, 0.25) is 0 Å². The fraction of sp³-hybridized carbons (Fsp3) is 1.00. The molecule has 0 aromatic heterocycles. The van der Waals surface area contributed by atoms with Gasteiger partial charge in [-0.2, -0.15) is 4.31 Å². The third kappa shape index (κ3) is 2.23. The smallest absolute Gasteiger partial charge is 0.224 e. The molecule has 0 bridgehead atoms. The van der Waals surface area contributed by atoms with Gasteiger partial charge in [-0.05, 0) is 26.3 Å². The number of piperazine rings is 1. The number of rotatable bonds is 2. The van der Waals surface area contributed by atoms with Crippen molar-refractivity contribution in [3.8, 4) is 0 Å². The van der Waals surface area contributed by atoms with Gasteiger partial charge in [0.2, 0.25) is 10.0 Å². The lowest BCUT2D eigenvalue weighted by Gasteiger charge is -2.41. The normalized spacial score (nSPS) is 34.3. The quantitative estimate of drug-likeness (QED) is 0.709. The zero-order chi connectivity index (χ0) is 11.1. The van der Waals surface area contributed by atoms with Crippen LogP contribution in [0.25, 0.3) is 0 Å². The van der Waals surface area contributed by atoms with E-state index in [0.29, 0.717) is 12.6 Å². The van der Waals surface area contributed by atoms with Gasteiger partial charge >= 0.3 is 0 Å². The Kier molecular flexibility index (Phi) is 3.40. The third-order valence-electron chi connectivity index (χ3n) is 3.38. The minimum absolute atomic E-state index is 0.0387. The van der Waals surface area contributed by atoms with Crippen LogP contribution in [0.1, 0.15) is 19.8 Å². The molecular formula is C9H17BrN2O2S. The van der Waals surface area contributed by atoms with Gasteiger partial charge in [-0.1, -0.05) is 15.9 Å². The Morgan fingerprint density at radius 1 is 1.40 bits per heavy atom. The molecule has 88 valence electrons. The zero-order valence-electron chi connectivity index (χ0n) is 8.89. The molecule has 0 saturated carbocycles. The molecule has 2 fully saturated rings. The number of halogens is 1. The summed E-state index contributed by atoms with van der Waals surface area (Å²) in [5.74, 6) is 0. The Labute approximate surface area is 99.8 Å². The Balaban J connectivity index is 2.14. The lowest BCUT2D eigenvalue weighted by atomic mass is 10.1. The molecule has 2 aliphatic heterocycles. The molecule has 2 rings (SSSR count). The molecule has 0 N–H and O–H groups in total. The number of hydrogen-bond acceptors (Lipinski definition) is 3. The van der Waals surface area contributed by atoms with Crippen molar-refractivity contribution >= 4 is 26.0 Å². The molecule has 0 amide bonds. The lowest BCUT2D eigenvalue weighted by molar-refractivity contribution is 0.117. The van der Waals surface area contributed by atoms with Crippen LogP contribution in [0.4, 0.5) is 0 Å². The Hall–Kier alpha value is 0.350. The second kappa shape index (κ2) is 4.31. The van der Waals surface area contributed by atoms with Crippen LogP contribution < -0.4 is 0 Å². The Morgan fingerprint density at radius 2 is 2.13 bits per heavy atom. The maximum absolute atomic E-state index is 11.8. The Bertz CT molecular complexity index is 333. The van der Waals surface area contributed by atoms with Crippen molar-refractivity contribution in [3.63, 3.8) is 0 Å². The van der Waals surface area contributed by atoms with E-state index in [1.807, 2.05) is 6.92 Å². The summed E-state index contributed by atoms with van der Waals surface area (Å²) in [4.78, 5) is 2.42. The molecule has 2 unspecified atom stereocenters. The van der Waals surface area contributed by atoms with E-state index < -0.39 is 10.0 Å². The summed E-state index contributed by atoms with van der Waals surface area (Å²) in [6.07, 6.45) is 2.35. The van der Waals surface area contributed by atoms with Crippen molar-refractivity contribution in [1.82, 2.24) is 9.21 Å². The predicted octanol–water partition coefficient (Wildman–Crippen LogP) is 0.837. The minimum atomic E-state index is -3.09. The highest BCUT2D eigenvalue weighted by atomic mass is 79.9. The largest absolute Gasteiger partial charge is 0.297 e. The van der Waals surface area contributed by atoms with Crippen LogP contribution in [0.3, 0.4) is 0 Å². The van der Waals surface area contributed by atoms with E-state index in [2.05, 4.69) is 20.8 Å². The number of sulfonamides is 1. The monoisotopic (exact) mass is 296 g/mol. The molecule has 4 nitrogen and oxygen atoms in total. The van der Waals surface area contributed by atoms with Gasteiger partial charge in [0, 0.05) is 25.2 Å². The van der Waals surface area contributed by atoms with Gasteiger partial charge in [-0.3, -0.25) is 4.90 Å². The van der Waals surface area contributed by atoms with Crippen molar-refractivity contribution in [2.24, 2.45) is 0 Å². The fourth-order valence-electron chi connectivity index (χ4n) is 2.61. The van der Waals surface area contributed by atoms with Crippen LogP contribution >= 0.6 is 15.9 Å². The lowest BCUT2D eigenvalue weighted by Crippen LogP contribution is -2.56. The van der Waals surface area contributed by atoms with Crippen LogP contribution in [-0.2, 0) is 10.0 Å². The SMILES string of the molecule is CC1CN2CCCC2CN1S(=O)(=O)CBr. The first-order valence-corrected chi connectivity index (χ1v) is 8.07. The standard InChI is InChI=1S/C9H17BrN2O2S/c1-8-5-11-4-2-3-9(11)6-12(8)15(13,14)7-10/h8-9H,2-7H2,1H3. The van der Waals surface area contributed by atoms with Gasteiger partial charge in [0.25, 0.3) is 0 Å². The second-order valence-electron chi connectivity index (χ2n) is 4.43. The third-order valence-corrected chi connectivity index (χ3v) is 6.61. The van der Waals surface area contributed by atoms with Crippen LogP contribution in [0.15, 0.2) is 0 Å². The number of hydrogen-bond donors (Lipinski definition) is 0. The summed E-state index contributed by atoms with van der Waals surface area (Å²) < 4.78 is 25.3. The van der Waals surface area contributed by atoms with Crippen LogP contribution in [0, 0.1) is 0 Å².